The Labute approximate surface area is 193 Å². The van der Waals surface area contributed by atoms with E-state index in [1.54, 1.807) is 12.1 Å². The van der Waals surface area contributed by atoms with Crippen molar-refractivity contribution in [3.63, 3.8) is 0 Å². The maximum atomic E-state index is 13.1. The molecule has 5 rings (SSSR count). The average Bonchev–Trinajstić information content (AvgIpc) is 2.87. The van der Waals surface area contributed by atoms with E-state index in [0.717, 1.165) is 10.8 Å². The fourth-order valence-corrected chi connectivity index (χ4v) is 5.86. The number of hydrogen-bond donors (Lipinski definition) is 1. The van der Waals surface area contributed by atoms with Crippen molar-refractivity contribution in [1.29, 1.82) is 0 Å². The van der Waals surface area contributed by atoms with Gasteiger partial charge in [0.05, 0.1) is 11.4 Å². The largest absolute Gasteiger partial charge is 0.486 e. The molecule has 2 heterocycles. The molecule has 2 aliphatic rings. The third-order valence-electron chi connectivity index (χ3n) is 6.25. The van der Waals surface area contributed by atoms with Crippen molar-refractivity contribution in [2.24, 2.45) is 5.92 Å². The summed E-state index contributed by atoms with van der Waals surface area (Å²) >= 11 is 0. The van der Waals surface area contributed by atoms with Gasteiger partial charge in [0, 0.05) is 19.0 Å². The van der Waals surface area contributed by atoms with Gasteiger partial charge in [-0.1, -0.05) is 42.5 Å². The van der Waals surface area contributed by atoms with Gasteiger partial charge in [0.15, 0.2) is 11.5 Å². The van der Waals surface area contributed by atoms with E-state index in [2.05, 4.69) is 5.32 Å². The Morgan fingerprint density at radius 2 is 1.64 bits per heavy atom. The number of carbonyl (C=O) groups excluding carboxylic acids is 1. The standard InChI is InChI=1S/C25H26N2O5S/c28-25(26-16-21-17-31-23-7-3-4-8-24(23)32-21)19-11-13-27(14-12-19)33(29,30)22-10-9-18-5-1-2-6-20(18)15-22/h1-10,15,19,21H,11-14,16-17H2,(H,26,28)/t21-/m0/s1. The fraction of sp³-hybridized carbons (Fsp3) is 0.320. The van der Waals surface area contributed by atoms with E-state index in [0.29, 0.717) is 55.5 Å². The topological polar surface area (TPSA) is 84.9 Å². The third-order valence-corrected chi connectivity index (χ3v) is 8.15. The molecule has 2 aliphatic heterocycles. The lowest BCUT2D eigenvalue weighted by Crippen LogP contribution is -2.46. The van der Waals surface area contributed by atoms with E-state index in [1.807, 2.05) is 54.6 Å². The number of carbonyl (C=O) groups is 1. The van der Waals surface area contributed by atoms with Gasteiger partial charge in [-0.3, -0.25) is 4.79 Å². The molecule has 33 heavy (non-hydrogen) atoms. The van der Waals surface area contributed by atoms with E-state index < -0.39 is 10.0 Å². The number of nitrogens with one attached hydrogen (secondary N) is 1. The molecule has 7 nitrogen and oxygen atoms in total. The van der Waals surface area contributed by atoms with Crippen LogP contribution in [0, 0.1) is 5.92 Å². The van der Waals surface area contributed by atoms with Crippen LogP contribution in [0.5, 0.6) is 11.5 Å². The van der Waals surface area contributed by atoms with Crippen molar-refractivity contribution in [1.82, 2.24) is 9.62 Å². The first kappa shape index (κ1) is 21.7. The van der Waals surface area contributed by atoms with Crippen LogP contribution in [0.15, 0.2) is 71.6 Å². The van der Waals surface area contributed by atoms with Gasteiger partial charge in [-0.25, -0.2) is 8.42 Å². The summed E-state index contributed by atoms with van der Waals surface area (Å²) in [6, 6.07) is 20.3. The number of hydrogen-bond acceptors (Lipinski definition) is 5. The molecule has 8 heteroatoms. The van der Waals surface area contributed by atoms with E-state index in [9.17, 15) is 13.2 Å². The van der Waals surface area contributed by atoms with E-state index in [1.165, 1.54) is 4.31 Å². The lowest BCUT2D eigenvalue weighted by molar-refractivity contribution is -0.126. The molecule has 0 aromatic heterocycles. The average molecular weight is 467 g/mol. The minimum atomic E-state index is -3.60. The molecule has 172 valence electrons. The number of piperidine rings is 1. The van der Waals surface area contributed by atoms with E-state index in [-0.39, 0.29) is 17.9 Å². The smallest absolute Gasteiger partial charge is 0.243 e. The van der Waals surface area contributed by atoms with Gasteiger partial charge < -0.3 is 14.8 Å². The summed E-state index contributed by atoms with van der Waals surface area (Å²) in [4.78, 5) is 13.0. The van der Waals surface area contributed by atoms with Crippen LogP contribution in [0.2, 0.25) is 0 Å². The van der Waals surface area contributed by atoms with Crippen LogP contribution in [-0.2, 0) is 14.8 Å². The maximum absolute atomic E-state index is 13.1. The monoisotopic (exact) mass is 466 g/mol. The molecule has 0 bridgehead atoms. The Bertz CT molecular complexity index is 1270. The van der Waals surface area contributed by atoms with Crippen molar-refractivity contribution >= 4 is 26.7 Å². The molecule has 0 aliphatic carbocycles. The third kappa shape index (κ3) is 4.54. The zero-order chi connectivity index (χ0) is 22.8. The number of nitrogens with zero attached hydrogens (tertiary/aromatic N) is 1. The quantitative estimate of drug-likeness (QED) is 0.624. The molecule has 0 spiro atoms. The van der Waals surface area contributed by atoms with Gasteiger partial charge in [0.1, 0.15) is 12.7 Å². The van der Waals surface area contributed by atoms with Crippen LogP contribution in [-0.4, -0.2) is 51.0 Å². The molecule has 1 fully saturated rings. The summed E-state index contributed by atoms with van der Waals surface area (Å²) < 4.78 is 39.3. The van der Waals surface area contributed by atoms with Gasteiger partial charge in [0.25, 0.3) is 0 Å². The number of rotatable bonds is 5. The van der Waals surface area contributed by atoms with Crippen molar-refractivity contribution in [2.75, 3.05) is 26.2 Å². The van der Waals surface area contributed by atoms with Gasteiger partial charge in [-0.2, -0.15) is 4.31 Å². The van der Waals surface area contributed by atoms with Crippen molar-refractivity contribution in [3.8, 4) is 11.5 Å². The normalized spacial score (nSPS) is 19.3. The second-order valence-corrected chi connectivity index (χ2v) is 10.4. The first-order valence-electron chi connectivity index (χ1n) is 11.2. The number of benzene rings is 3. The molecule has 0 saturated carbocycles. The minimum Gasteiger partial charge on any atom is -0.486 e. The van der Waals surface area contributed by atoms with Gasteiger partial charge in [-0.15, -0.1) is 0 Å². The molecule has 1 N–H and O–H groups in total. The number of sulfonamides is 1. The second kappa shape index (κ2) is 9.03. The molecular weight excluding hydrogens is 440 g/mol. The highest BCUT2D eigenvalue weighted by molar-refractivity contribution is 7.89. The summed E-state index contributed by atoms with van der Waals surface area (Å²) in [5, 5.41) is 4.84. The molecule has 1 amide bonds. The number of fused-ring (bicyclic) bond motifs is 2. The van der Waals surface area contributed by atoms with Crippen molar-refractivity contribution in [3.05, 3.63) is 66.7 Å². The fourth-order valence-electron chi connectivity index (χ4n) is 4.36. The van der Waals surface area contributed by atoms with Crippen LogP contribution in [0.3, 0.4) is 0 Å². The first-order chi connectivity index (χ1) is 16.0. The minimum absolute atomic E-state index is 0.0692. The zero-order valence-electron chi connectivity index (χ0n) is 18.1. The molecule has 3 aromatic carbocycles. The van der Waals surface area contributed by atoms with Gasteiger partial charge in [0.2, 0.25) is 15.9 Å². The zero-order valence-corrected chi connectivity index (χ0v) is 19.0. The molecule has 1 atom stereocenters. The predicted molar refractivity (Wildman–Crippen MR) is 125 cm³/mol. The summed E-state index contributed by atoms with van der Waals surface area (Å²) in [5.74, 6) is 1.10. The van der Waals surface area contributed by atoms with E-state index in [4.69, 9.17) is 9.47 Å². The Hall–Kier alpha value is -3.10. The molecular formula is C25H26N2O5S. The van der Waals surface area contributed by atoms with Crippen LogP contribution < -0.4 is 14.8 Å². The van der Waals surface area contributed by atoms with Crippen LogP contribution in [0.1, 0.15) is 12.8 Å². The number of para-hydroxylation sites is 2. The summed E-state index contributed by atoms with van der Waals surface area (Å²) in [5.41, 5.74) is 0. The Morgan fingerprint density at radius 3 is 2.42 bits per heavy atom. The lowest BCUT2D eigenvalue weighted by atomic mass is 9.97. The van der Waals surface area contributed by atoms with Crippen molar-refractivity contribution < 1.29 is 22.7 Å². The maximum Gasteiger partial charge on any atom is 0.243 e. The predicted octanol–water partition coefficient (Wildman–Crippen LogP) is 3.20. The molecule has 1 saturated heterocycles. The lowest BCUT2D eigenvalue weighted by Gasteiger charge is -2.31. The molecule has 0 unspecified atom stereocenters. The number of ether oxygens (including phenoxy) is 2. The highest BCUT2D eigenvalue weighted by Gasteiger charge is 2.32. The van der Waals surface area contributed by atoms with Crippen LogP contribution in [0.4, 0.5) is 0 Å². The van der Waals surface area contributed by atoms with Gasteiger partial charge >= 0.3 is 0 Å². The molecule has 0 radical (unpaired) electrons. The van der Waals surface area contributed by atoms with Gasteiger partial charge in [-0.05, 0) is 47.9 Å². The van der Waals surface area contributed by atoms with Crippen LogP contribution >= 0.6 is 0 Å². The first-order valence-corrected chi connectivity index (χ1v) is 12.6. The number of amides is 1. The summed E-state index contributed by atoms with van der Waals surface area (Å²) in [6.07, 6.45) is 0.727. The van der Waals surface area contributed by atoms with Crippen LogP contribution in [0.25, 0.3) is 10.8 Å². The summed E-state index contributed by atoms with van der Waals surface area (Å²) in [6.45, 7) is 1.37. The van der Waals surface area contributed by atoms with E-state index >= 15 is 0 Å². The Kier molecular flexibility index (Phi) is 5.95. The summed E-state index contributed by atoms with van der Waals surface area (Å²) in [7, 11) is -3.60. The highest BCUT2D eigenvalue weighted by atomic mass is 32.2. The van der Waals surface area contributed by atoms with Crippen molar-refractivity contribution in [2.45, 2.75) is 23.8 Å². The highest BCUT2D eigenvalue weighted by Crippen LogP contribution is 2.31. The SMILES string of the molecule is O=C(NC[C@H]1COc2ccccc2O1)C1CCN(S(=O)(=O)c2ccc3ccccc3c2)CC1. The Balaban J connectivity index is 1.15. The molecule has 3 aromatic rings. The second-order valence-electron chi connectivity index (χ2n) is 8.43. The Morgan fingerprint density at radius 1 is 0.939 bits per heavy atom.